The summed E-state index contributed by atoms with van der Waals surface area (Å²) in [5.74, 6) is -2.38. The first-order chi connectivity index (χ1) is 10.5. The van der Waals surface area contributed by atoms with Crippen molar-refractivity contribution in [2.45, 2.75) is 13.0 Å². The Hall–Kier alpha value is -2.25. The van der Waals surface area contributed by atoms with Crippen LogP contribution in [-0.4, -0.2) is 18.0 Å². The van der Waals surface area contributed by atoms with E-state index in [0.717, 1.165) is 17.7 Å². The quantitative estimate of drug-likeness (QED) is 0.834. The number of carbonyl (C=O) groups is 1. The molecule has 1 atom stereocenters. The lowest BCUT2D eigenvalue weighted by Crippen LogP contribution is -2.28. The Morgan fingerprint density at radius 1 is 1.27 bits per heavy atom. The predicted octanol–water partition coefficient (Wildman–Crippen LogP) is 2.00. The lowest BCUT2D eigenvalue weighted by molar-refractivity contribution is 0.102. The minimum Gasteiger partial charge on any atom is -0.423 e. The topological polar surface area (TPSA) is 58.6 Å². The van der Waals surface area contributed by atoms with Crippen LogP contribution >= 0.6 is 0 Å². The second-order valence-electron chi connectivity index (χ2n) is 5.05. The first-order valence-corrected chi connectivity index (χ1v) is 6.69. The number of rotatable bonds is 2. The molecule has 7 heteroatoms. The van der Waals surface area contributed by atoms with E-state index in [1.54, 1.807) is 25.1 Å². The minimum absolute atomic E-state index is 0.232. The van der Waals surface area contributed by atoms with E-state index in [0.29, 0.717) is 17.2 Å². The van der Waals surface area contributed by atoms with Crippen molar-refractivity contribution in [3.63, 3.8) is 0 Å². The third-order valence-electron chi connectivity index (χ3n) is 3.56. The molecule has 2 aromatic carbocycles. The SMILES string of the molecule is CC1OB(O)c2cc(NC(=O)c3ccc(F)cc3F)ccc21. The molecule has 2 aromatic rings. The zero-order valence-electron chi connectivity index (χ0n) is 11.6. The van der Waals surface area contributed by atoms with Crippen molar-refractivity contribution in [3.05, 3.63) is 59.2 Å². The summed E-state index contributed by atoms with van der Waals surface area (Å²) in [5.41, 5.74) is 1.53. The smallest absolute Gasteiger partial charge is 0.423 e. The molecule has 3 rings (SSSR count). The maximum Gasteiger partial charge on any atom is 0.492 e. The van der Waals surface area contributed by atoms with Crippen LogP contribution in [0.3, 0.4) is 0 Å². The molecule has 4 nitrogen and oxygen atoms in total. The summed E-state index contributed by atoms with van der Waals surface area (Å²) in [5, 5.41) is 12.3. The van der Waals surface area contributed by atoms with Crippen LogP contribution in [0, 0.1) is 11.6 Å². The Balaban J connectivity index is 1.85. The lowest BCUT2D eigenvalue weighted by atomic mass is 9.79. The van der Waals surface area contributed by atoms with Gasteiger partial charge < -0.3 is 15.0 Å². The molecule has 1 unspecified atom stereocenters. The molecule has 112 valence electrons. The van der Waals surface area contributed by atoms with Crippen LogP contribution in [0.15, 0.2) is 36.4 Å². The zero-order valence-corrected chi connectivity index (χ0v) is 11.6. The Morgan fingerprint density at radius 3 is 2.77 bits per heavy atom. The van der Waals surface area contributed by atoms with Gasteiger partial charge in [-0.05, 0) is 42.2 Å². The van der Waals surface area contributed by atoms with Gasteiger partial charge in [-0.1, -0.05) is 6.07 Å². The van der Waals surface area contributed by atoms with E-state index in [9.17, 15) is 18.6 Å². The molecule has 0 aromatic heterocycles. The molecule has 22 heavy (non-hydrogen) atoms. The number of anilines is 1. The van der Waals surface area contributed by atoms with Crippen LogP contribution in [0.5, 0.6) is 0 Å². The van der Waals surface area contributed by atoms with E-state index >= 15 is 0 Å². The van der Waals surface area contributed by atoms with Gasteiger partial charge in [0.1, 0.15) is 11.6 Å². The number of hydrogen-bond donors (Lipinski definition) is 2. The van der Waals surface area contributed by atoms with Crippen molar-refractivity contribution in [3.8, 4) is 0 Å². The van der Waals surface area contributed by atoms with Gasteiger partial charge in [0.05, 0.1) is 11.7 Å². The molecular weight excluding hydrogens is 291 g/mol. The highest BCUT2D eigenvalue weighted by Gasteiger charge is 2.32. The number of nitrogens with one attached hydrogen (secondary N) is 1. The van der Waals surface area contributed by atoms with Crippen molar-refractivity contribution >= 4 is 24.2 Å². The van der Waals surface area contributed by atoms with Crippen LogP contribution in [0.25, 0.3) is 0 Å². The van der Waals surface area contributed by atoms with E-state index in [-0.39, 0.29) is 11.7 Å². The third-order valence-corrected chi connectivity index (χ3v) is 3.56. The van der Waals surface area contributed by atoms with Gasteiger partial charge in [0.15, 0.2) is 0 Å². The standard InChI is InChI=1S/C15H12BF2NO3/c1-8-11-5-3-10(7-13(11)16(21)22-8)19-15(20)12-4-2-9(17)6-14(12)18/h2-8,21H,1H3,(H,19,20). The van der Waals surface area contributed by atoms with Crippen molar-refractivity contribution in [2.24, 2.45) is 0 Å². The number of amides is 1. The highest BCUT2D eigenvalue weighted by atomic mass is 19.1. The minimum atomic E-state index is -1.05. The number of carbonyl (C=O) groups excluding carboxylic acids is 1. The Labute approximate surface area is 125 Å². The summed E-state index contributed by atoms with van der Waals surface area (Å²) >= 11 is 0. The van der Waals surface area contributed by atoms with Crippen LogP contribution in [0.1, 0.15) is 28.9 Å². The summed E-state index contributed by atoms with van der Waals surface area (Å²) in [6.07, 6.45) is -0.232. The van der Waals surface area contributed by atoms with Gasteiger partial charge in [-0.25, -0.2) is 8.78 Å². The van der Waals surface area contributed by atoms with E-state index < -0.39 is 24.7 Å². The molecule has 0 saturated heterocycles. The molecule has 0 bridgehead atoms. The van der Waals surface area contributed by atoms with Crippen molar-refractivity contribution in [1.29, 1.82) is 0 Å². The molecule has 1 aliphatic rings. The highest BCUT2D eigenvalue weighted by Crippen LogP contribution is 2.24. The Morgan fingerprint density at radius 2 is 2.05 bits per heavy atom. The molecule has 0 spiro atoms. The predicted molar refractivity (Wildman–Crippen MR) is 77.9 cm³/mol. The van der Waals surface area contributed by atoms with Crippen LogP contribution in [0.4, 0.5) is 14.5 Å². The number of benzene rings is 2. The van der Waals surface area contributed by atoms with Crippen LogP contribution in [-0.2, 0) is 4.65 Å². The summed E-state index contributed by atoms with van der Waals surface area (Å²) in [6, 6.07) is 7.68. The lowest BCUT2D eigenvalue weighted by Gasteiger charge is -2.09. The second-order valence-corrected chi connectivity index (χ2v) is 5.05. The molecule has 0 radical (unpaired) electrons. The van der Waals surface area contributed by atoms with Crippen molar-refractivity contribution < 1.29 is 23.3 Å². The number of hydrogen-bond acceptors (Lipinski definition) is 3. The van der Waals surface area contributed by atoms with E-state index in [1.807, 2.05) is 0 Å². The molecule has 0 saturated carbocycles. The van der Waals surface area contributed by atoms with Gasteiger partial charge in [0, 0.05) is 11.8 Å². The molecule has 1 heterocycles. The normalized spacial score (nSPS) is 16.5. The van der Waals surface area contributed by atoms with Crippen LogP contribution < -0.4 is 10.8 Å². The van der Waals surface area contributed by atoms with Gasteiger partial charge in [0.25, 0.3) is 5.91 Å². The first kappa shape index (κ1) is 14.7. The largest absolute Gasteiger partial charge is 0.492 e. The molecule has 0 aliphatic carbocycles. The highest BCUT2D eigenvalue weighted by molar-refractivity contribution is 6.61. The first-order valence-electron chi connectivity index (χ1n) is 6.69. The van der Waals surface area contributed by atoms with E-state index in [2.05, 4.69) is 5.32 Å². The maximum absolute atomic E-state index is 13.6. The van der Waals surface area contributed by atoms with Crippen LogP contribution in [0.2, 0.25) is 0 Å². The van der Waals surface area contributed by atoms with Crippen molar-refractivity contribution in [2.75, 3.05) is 5.32 Å². The van der Waals surface area contributed by atoms with E-state index in [4.69, 9.17) is 4.65 Å². The zero-order chi connectivity index (χ0) is 15.9. The number of halogens is 2. The van der Waals surface area contributed by atoms with Gasteiger partial charge in [0.2, 0.25) is 0 Å². The molecule has 1 aliphatic heterocycles. The monoisotopic (exact) mass is 303 g/mol. The summed E-state index contributed by atoms with van der Waals surface area (Å²) in [6.45, 7) is 1.81. The van der Waals surface area contributed by atoms with Gasteiger partial charge in [-0.2, -0.15) is 0 Å². The van der Waals surface area contributed by atoms with E-state index in [1.165, 1.54) is 0 Å². The summed E-state index contributed by atoms with van der Waals surface area (Å²) in [7, 11) is -1.05. The third kappa shape index (κ3) is 2.60. The van der Waals surface area contributed by atoms with Gasteiger partial charge >= 0.3 is 7.12 Å². The average Bonchev–Trinajstić information content (AvgIpc) is 2.73. The molecule has 2 N–H and O–H groups in total. The second kappa shape index (κ2) is 5.51. The Bertz CT molecular complexity index is 754. The fourth-order valence-electron chi connectivity index (χ4n) is 2.45. The average molecular weight is 303 g/mol. The van der Waals surface area contributed by atoms with Crippen molar-refractivity contribution in [1.82, 2.24) is 0 Å². The maximum atomic E-state index is 13.6. The molecule has 1 amide bonds. The summed E-state index contributed by atoms with van der Waals surface area (Å²) < 4.78 is 31.7. The fraction of sp³-hybridized carbons (Fsp3) is 0.133. The number of fused-ring (bicyclic) bond motifs is 1. The molecule has 0 fully saturated rings. The fourth-order valence-corrected chi connectivity index (χ4v) is 2.45. The van der Waals surface area contributed by atoms with Gasteiger partial charge in [-0.3, -0.25) is 4.79 Å². The summed E-state index contributed by atoms with van der Waals surface area (Å²) in [4.78, 5) is 12.0. The Kier molecular flexibility index (Phi) is 3.68. The van der Waals surface area contributed by atoms with Gasteiger partial charge in [-0.15, -0.1) is 0 Å². The molecular formula is C15H12BF2NO3.